The number of hydrogen-bond donors (Lipinski definition) is 0. The largest absolute Gasteiger partial charge is 1.00 e. The van der Waals surface area contributed by atoms with Gasteiger partial charge in [0.2, 0.25) is 0 Å². The van der Waals surface area contributed by atoms with E-state index in [1.165, 1.54) is 70.6 Å². The van der Waals surface area contributed by atoms with Gasteiger partial charge >= 0.3 is 0 Å². The topological polar surface area (TPSA) is 9.72 Å². The smallest absolute Gasteiger partial charge is 0.0396 e. The van der Waals surface area contributed by atoms with Crippen LogP contribution in [0.15, 0.2) is 60.7 Å². The summed E-state index contributed by atoms with van der Waals surface area (Å²) in [7, 11) is 8.64. The normalized spacial score (nSPS) is 14.6. The van der Waals surface area contributed by atoms with E-state index in [0.717, 1.165) is 13.1 Å². The molecular weight excluding hydrogens is 438 g/mol. The van der Waals surface area contributed by atoms with Gasteiger partial charge in [0.1, 0.15) is 0 Å². The second kappa shape index (κ2) is 10.7. The summed E-state index contributed by atoms with van der Waals surface area (Å²) in [5.41, 5.74) is 11.2. The van der Waals surface area contributed by atoms with Crippen LogP contribution in [0.5, 0.6) is 0 Å². The first-order chi connectivity index (χ1) is 15.5. The van der Waals surface area contributed by atoms with E-state index in [2.05, 4.69) is 104 Å². The van der Waals surface area contributed by atoms with Gasteiger partial charge in [0.15, 0.2) is 0 Å². The number of aryl methyl sites for hydroxylation is 2. The van der Waals surface area contributed by atoms with E-state index in [9.17, 15) is 0 Å². The van der Waals surface area contributed by atoms with Gasteiger partial charge in [-0.25, -0.2) is 0 Å². The summed E-state index contributed by atoms with van der Waals surface area (Å²) in [6, 6.07) is 23.5. The molecule has 0 saturated carbocycles. The molecule has 0 N–H and O–H groups in total. The maximum absolute atomic E-state index is 2.47. The molecule has 2 heterocycles. The number of fused-ring (bicyclic) bond motifs is 2. The van der Waals surface area contributed by atoms with Crippen LogP contribution in [0.4, 0.5) is 17.1 Å². The van der Waals surface area contributed by atoms with Crippen molar-refractivity contribution in [1.29, 1.82) is 0 Å². The Bertz CT molecular complexity index is 1040. The van der Waals surface area contributed by atoms with E-state index >= 15 is 0 Å². The van der Waals surface area contributed by atoms with Crippen LogP contribution >= 0.6 is 0 Å². The standard InChI is InChI=1S/C29H35N3.CH4.ClH/c1-30(2)26-13-9-21(10-14-26)29(24-11-15-27-22(19-24)7-5-17-31(27)3)25-12-16-28-23(20-25)8-6-18-32(28)4;;/h9-16,19-20,29H,5-8,17-18H2,1-4H3;1H4;1H/p-1. The fraction of sp³-hybridized carbons (Fsp3) is 0.400. The molecule has 182 valence electrons. The molecule has 0 saturated heterocycles. The van der Waals surface area contributed by atoms with Gasteiger partial charge in [0, 0.05) is 64.3 Å². The summed E-state index contributed by atoms with van der Waals surface area (Å²) in [4.78, 5) is 6.97. The van der Waals surface area contributed by atoms with Crippen LogP contribution in [-0.2, 0) is 12.8 Å². The lowest BCUT2D eigenvalue weighted by Gasteiger charge is -2.31. The Labute approximate surface area is 212 Å². The van der Waals surface area contributed by atoms with E-state index in [4.69, 9.17) is 0 Å². The van der Waals surface area contributed by atoms with Gasteiger partial charge < -0.3 is 27.1 Å². The maximum Gasteiger partial charge on any atom is 0.0396 e. The fourth-order valence-electron chi connectivity index (χ4n) is 5.51. The summed E-state index contributed by atoms with van der Waals surface area (Å²) in [6.45, 7) is 2.31. The number of anilines is 3. The van der Waals surface area contributed by atoms with Crippen molar-refractivity contribution in [3.63, 3.8) is 0 Å². The lowest BCUT2D eigenvalue weighted by atomic mass is 9.82. The summed E-state index contributed by atoms with van der Waals surface area (Å²) < 4.78 is 0. The van der Waals surface area contributed by atoms with Crippen molar-refractivity contribution in [3.05, 3.63) is 88.5 Å². The average molecular weight is 477 g/mol. The van der Waals surface area contributed by atoms with Crippen LogP contribution in [0.3, 0.4) is 0 Å². The van der Waals surface area contributed by atoms with E-state index in [-0.39, 0.29) is 25.8 Å². The zero-order valence-electron chi connectivity index (χ0n) is 20.3. The van der Waals surface area contributed by atoms with Gasteiger partial charge in [-0.2, -0.15) is 0 Å². The van der Waals surface area contributed by atoms with Gasteiger partial charge in [-0.3, -0.25) is 0 Å². The van der Waals surface area contributed by atoms with Crippen LogP contribution < -0.4 is 27.1 Å². The predicted octanol–water partition coefficient (Wildman–Crippen LogP) is 3.34. The van der Waals surface area contributed by atoms with E-state index < -0.39 is 0 Å². The first-order valence-electron chi connectivity index (χ1n) is 12.0. The molecule has 0 fully saturated rings. The first-order valence-corrected chi connectivity index (χ1v) is 12.0. The molecule has 0 aromatic heterocycles. The van der Waals surface area contributed by atoms with E-state index in [1.807, 2.05) is 0 Å². The molecule has 0 atom stereocenters. The predicted molar refractivity (Wildman–Crippen MR) is 145 cm³/mol. The maximum atomic E-state index is 2.47. The molecule has 0 bridgehead atoms. The van der Waals surface area contributed by atoms with Crippen molar-refractivity contribution in [2.24, 2.45) is 0 Å². The highest BCUT2D eigenvalue weighted by Gasteiger charge is 2.23. The molecule has 34 heavy (non-hydrogen) atoms. The lowest BCUT2D eigenvalue weighted by Crippen LogP contribution is -3.00. The van der Waals surface area contributed by atoms with Crippen LogP contribution in [0.1, 0.15) is 54.0 Å². The Balaban J connectivity index is 0.00000162. The minimum absolute atomic E-state index is 0. The number of nitrogens with zero attached hydrogens (tertiary/aromatic N) is 3. The zero-order chi connectivity index (χ0) is 22.2. The third kappa shape index (κ3) is 4.90. The molecule has 0 amide bonds. The lowest BCUT2D eigenvalue weighted by molar-refractivity contribution is -0.00000687. The van der Waals surface area contributed by atoms with Crippen LogP contribution in [0, 0.1) is 0 Å². The number of hydrogen-bond acceptors (Lipinski definition) is 3. The van der Waals surface area contributed by atoms with Crippen molar-refractivity contribution >= 4 is 17.1 Å². The van der Waals surface area contributed by atoms with Crippen molar-refractivity contribution in [2.75, 3.05) is 56.0 Å². The van der Waals surface area contributed by atoms with Crippen LogP contribution in [0.25, 0.3) is 0 Å². The molecule has 2 aliphatic heterocycles. The molecule has 0 radical (unpaired) electrons. The fourth-order valence-corrected chi connectivity index (χ4v) is 5.51. The number of rotatable bonds is 4. The van der Waals surface area contributed by atoms with Gasteiger partial charge in [-0.1, -0.05) is 43.8 Å². The van der Waals surface area contributed by atoms with Crippen molar-refractivity contribution in [2.45, 2.75) is 39.0 Å². The summed E-state index contributed by atoms with van der Waals surface area (Å²) in [6.07, 6.45) is 4.82. The third-order valence-electron chi connectivity index (χ3n) is 7.32. The molecule has 0 aliphatic carbocycles. The van der Waals surface area contributed by atoms with Gasteiger partial charge in [0.05, 0.1) is 0 Å². The van der Waals surface area contributed by atoms with Crippen LogP contribution in [-0.4, -0.2) is 41.3 Å². The highest BCUT2D eigenvalue weighted by atomic mass is 35.5. The second-order valence-electron chi connectivity index (χ2n) is 9.75. The van der Waals surface area contributed by atoms with Gasteiger partial charge in [-0.15, -0.1) is 0 Å². The molecule has 3 aromatic rings. The van der Waals surface area contributed by atoms with E-state index in [1.54, 1.807) is 0 Å². The molecule has 4 heteroatoms. The monoisotopic (exact) mass is 476 g/mol. The average Bonchev–Trinajstić information content (AvgIpc) is 2.80. The van der Waals surface area contributed by atoms with Gasteiger partial charge in [0.25, 0.3) is 0 Å². The van der Waals surface area contributed by atoms with Crippen molar-refractivity contribution in [3.8, 4) is 0 Å². The molecule has 3 aromatic carbocycles. The molecule has 0 spiro atoms. The van der Waals surface area contributed by atoms with Crippen LogP contribution in [0.2, 0.25) is 0 Å². The molecular formula is C30H39ClN3-. The minimum atomic E-state index is 0. The van der Waals surface area contributed by atoms with Crippen molar-refractivity contribution in [1.82, 2.24) is 0 Å². The first kappa shape index (κ1) is 26.0. The molecule has 3 nitrogen and oxygen atoms in total. The molecule has 0 unspecified atom stereocenters. The SMILES string of the molecule is C.CN(C)c1ccc(C(c2ccc3c(c2)CCCN3C)c2ccc3c(c2)CCCN3C)cc1.[Cl-]. The Morgan fingerprint density at radius 3 is 1.56 bits per heavy atom. The summed E-state index contributed by atoms with van der Waals surface area (Å²) >= 11 is 0. The van der Waals surface area contributed by atoms with Gasteiger partial charge in [-0.05, 0) is 77.8 Å². The third-order valence-corrected chi connectivity index (χ3v) is 7.32. The zero-order valence-corrected chi connectivity index (χ0v) is 21.1. The Hall–Kier alpha value is -2.65. The number of benzene rings is 3. The Morgan fingerprint density at radius 1 is 0.676 bits per heavy atom. The highest BCUT2D eigenvalue weighted by Crippen LogP contribution is 2.38. The van der Waals surface area contributed by atoms with E-state index in [0.29, 0.717) is 0 Å². The second-order valence-corrected chi connectivity index (χ2v) is 9.75. The Kier molecular flexibility index (Phi) is 8.20. The molecule has 2 aliphatic rings. The number of halogens is 1. The van der Waals surface area contributed by atoms with Crippen molar-refractivity contribution < 1.29 is 12.4 Å². The minimum Gasteiger partial charge on any atom is -1.00 e. The Morgan fingerprint density at radius 2 is 1.12 bits per heavy atom. The molecule has 5 rings (SSSR count). The summed E-state index contributed by atoms with van der Waals surface area (Å²) in [5.74, 6) is 0.251. The highest BCUT2D eigenvalue weighted by molar-refractivity contribution is 5.61. The summed E-state index contributed by atoms with van der Waals surface area (Å²) in [5, 5.41) is 0. The quantitative estimate of drug-likeness (QED) is 0.535.